The topological polar surface area (TPSA) is 63.4 Å². The van der Waals surface area contributed by atoms with Crippen LogP contribution in [-0.2, 0) is 16.6 Å². The van der Waals surface area contributed by atoms with Crippen molar-refractivity contribution in [3.8, 4) is 0 Å². The van der Waals surface area contributed by atoms with Crippen LogP contribution in [0.3, 0.4) is 0 Å². The Balaban J connectivity index is 1.95. The fraction of sp³-hybridized carbons (Fsp3) is 0.400. The van der Waals surface area contributed by atoms with E-state index in [1.54, 1.807) is 38.1 Å². The van der Waals surface area contributed by atoms with Crippen molar-refractivity contribution in [2.75, 3.05) is 0 Å². The summed E-state index contributed by atoms with van der Waals surface area (Å²) >= 11 is 0. The summed E-state index contributed by atoms with van der Waals surface area (Å²) in [5.41, 5.74) is 6.46. The maximum absolute atomic E-state index is 14.5. The van der Waals surface area contributed by atoms with Crippen molar-refractivity contribution in [3.05, 3.63) is 70.8 Å². The van der Waals surface area contributed by atoms with E-state index in [4.69, 9.17) is 5.73 Å². The number of sulfonamides is 1. The van der Waals surface area contributed by atoms with Gasteiger partial charge in [0.05, 0.1) is 0 Å². The SMILES string of the molecule is CC(N)c1cc(F)c(CN2[C@@H](C)CC[C@H](c3ccccc3)S2(=O)=O)cc1F. The molecule has 3 rings (SSSR count). The van der Waals surface area contributed by atoms with Gasteiger partial charge in [-0.05, 0) is 44.4 Å². The van der Waals surface area contributed by atoms with Gasteiger partial charge in [-0.1, -0.05) is 30.3 Å². The summed E-state index contributed by atoms with van der Waals surface area (Å²) in [6.45, 7) is 3.16. The highest BCUT2D eigenvalue weighted by atomic mass is 32.2. The molecule has 2 aromatic carbocycles. The number of hydrogen-bond acceptors (Lipinski definition) is 3. The lowest BCUT2D eigenvalue weighted by atomic mass is 10.0. The summed E-state index contributed by atoms with van der Waals surface area (Å²) in [6.07, 6.45) is 1.16. The minimum Gasteiger partial charge on any atom is -0.324 e. The lowest BCUT2D eigenvalue weighted by molar-refractivity contribution is 0.278. The van der Waals surface area contributed by atoms with Gasteiger partial charge < -0.3 is 5.73 Å². The zero-order chi connectivity index (χ0) is 19.8. The molecular weight excluding hydrogens is 370 g/mol. The van der Waals surface area contributed by atoms with Gasteiger partial charge in [0.2, 0.25) is 10.0 Å². The molecule has 2 N–H and O–H groups in total. The minimum atomic E-state index is -3.70. The Hall–Kier alpha value is -1.83. The average Bonchev–Trinajstić information content (AvgIpc) is 2.61. The number of benzene rings is 2. The van der Waals surface area contributed by atoms with Crippen LogP contribution in [0.1, 0.15) is 54.7 Å². The van der Waals surface area contributed by atoms with Crippen molar-refractivity contribution >= 4 is 10.0 Å². The number of nitrogens with two attached hydrogens (primary N) is 1. The first-order valence-corrected chi connectivity index (χ1v) is 10.5. The summed E-state index contributed by atoms with van der Waals surface area (Å²) < 4.78 is 56.4. The molecule has 0 bridgehead atoms. The molecule has 27 heavy (non-hydrogen) atoms. The first-order chi connectivity index (χ1) is 12.7. The third kappa shape index (κ3) is 3.90. The Morgan fingerprint density at radius 1 is 1.15 bits per heavy atom. The molecular formula is C20H24F2N2O2S. The fourth-order valence-electron chi connectivity index (χ4n) is 3.59. The quantitative estimate of drug-likeness (QED) is 0.851. The third-order valence-electron chi connectivity index (χ3n) is 5.18. The van der Waals surface area contributed by atoms with Gasteiger partial charge in [0.1, 0.15) is 16.9 Å². The molecule has 1 aliphatic rings. The Morgan fingerprint density at radius 3 is 2.44 bits per heavy atom. The monoisotopic (exact) mass is 394 g/mol. The van der Waals surface area contributed by atoms with Crippen molar-refractivity contribution in [1.82, 2.24) is 4.31 Å². The zero-order valence-electron chi connectivity index (χ0n) is 15.4. The summed E-state index contributed by atoms with van der Waals surface area (Å²) in [7, 11) is -3.70. The molecule has 1 fully saturated rings. The highest BCUT2D eigenvalue weighted by molar-refractivity contribution is 7.89. The van der Waals surface area contributed by atoms with Gasteiger partial charge >= 0.3 is 0 Å². The second-order valence-electron chi connectivity index (χ2n) is 7.17. The van der Waals surface area contributed by atoms with Crippen LogP contribution in [0.2, 0.25) is 0 Å². The number of rotatable bonds is 4. The molecule has 3 atom stereocenters. The van der Waals surface area contributed by atoms with Crippen LogP contribution in [-0.4, -0.2) is 18.8 Å². The van der Waals surface area contributed by atoms with Crippen LogP contribution < -0.4 is 5.73 Å². The molecule has 2 aromatic rings. The van der Waals surface area contributed by atoms with Crippen LogP contribution in [0.4, 0.5) is 8.78 Å². The first-order valence-electron chi connectivity index (χ1n) is 9.00. The standard InChI is InChI=1S/C20H24F2N2O2S/c1-13-8-9-20(15-6-4-3-5-7-15)27(25,26)24(13)12-16-10-19(22)17(14(2)23)11-18(16)21/h3-7,10-11,13-14,20H,8-9,12,23H2,1-2H3/t13-,14?,20+/m0/s1. The Bertz CT molecular complexity index is 917. The van der Waals surface area contributed by atoms with E-state index in [0.29, 0.717) is 18.4 Å². The molecule has 0 spiro atoms. The fourth-order valence-corrected chi connectivity index (χ4v) is 5.78. The molecule has 4 nitrogen and oxygen atoms in total. The van der Waals surface area contributed by atoms with Gasteiger partial charge in [0.25, 0.3) is 0 Å². The van der Waals surface area contributed by atoms with Crippen LogP contribution in [0.15, 0.2) is 42.5 Å². The van der Waals surface area contributed by atoms with E-state index >= 15 is 0 Å². The predicted molar refractivity (Wildman–Crippen MR) is 101 cm³/mol. The molecule has 0 radical (unpaired) electrons. The molecule has 1 heterocycles. The molecule has 1 saturated heterocycles. The number of halogens is 2. The van der Waals surface area contributed by atoms with E-state index in [1.807, 2.05) is 6.07 Å². The van der Waals surface area contributed by atoms with Gasteiger partial charge in [0.15, 0.2) is 0 Å². The van der Waals surface area contributed by atoms with Gasteiger partial charge in [-0.2, -0.15) is 4.31 Å². The smallest absolute Gasteiger partial charge is 0.221 e. The van der Waals surface area contributed by atoms with Gasteiger partial charge in [-0.3, -0.25) is 0 Å². The van der Waals surface area contributed by atoms with Crippen molar-refractivity contribution in [1.29, 1.82) is 0 Å². The van der Waals surface area contributed by atoms with Crippen LogP contribution in [0.5, 0.6) is 0 Å². The highest BCUT2D eigenvalue weighted by Crippen LogP contribution is 2.38. The minimum absolute atomic E-state index is 0.0148. The van der Waals surface area contributed by atoms with Crippen molar-refractivity contribution in [3.63, 3.8) is 0 Å². The maximum Gasteiger partial charge on any atom is 0.221 e. The lowest BCUT2D eigenvalue weighted by Crippen LogP contribution is -2.44. The highest BCUT2D eigenvalue weighted by Gasteiger charge is 2.40. The average molecular weight is 394 g/mol. The second kappa shape index (κ2) is 7.66. The van der Waals surface area contributed by atoms with E-state index in [0.717, 1.165) is 12.1 Å². The van der Waals surface area contributed by atoms with Gasteiger partial charge in [0, 0.05) is 29.8 Å². The van der Waals surface area contributed by atoms with E-state index in [2.05, 4.69) is 0 Å². The summed E-state index contributed by atoms with van der Waals surface area (Å²) in [6, 6.07) is 10.2. The Labute approximate surface area is 159 Å². The van der Waals surface area contributed by atoms with E-state index in [9.17, 15) is 17.2 Å². The zero-order valence-corrected chi connectivity index (χ0v) is 16.2. The summed E-state index contributed by atoms with van der Waals surface area (Å²) in [4.78, 5) is 0. The number of hydrogen-bond donors (Lipinski definition) is 1. The van der Waals surface area contributed by atoms with Crippen molar-refractivity contribution < 1.29 is 17.2 Å². The molecule has 0 aliphatic carbocycles. The van der Waals surface area contributed by atoms with E-state index in [1.165, 1.54) is 4.31 Å². The molecule has 1 aliphatic heterocycles. The summed E-state index contributed by atoms with van der Waals surface area (Å²) in [5.74, 6) is -1.27. The summed E-state index contributed by atoms with van der Waals surface area (Å²) in [5, 5.41) is -0.675. The van der Waals surface area contributed by atoms with Crippen LogP contribution >= 0.6 is 0 Å². The van der Waals surface area contributed by atoms with Crippen molar-refractivity contribution in [2.45, 2.75) is 50.6 Å². The maximum atomic E-state index is 14.5. The van der Waals surface area contributed by atoms with Gasteiger partial charge in [-0.15, -0.1) is 0 Å². The molecule has 0 aromatic heterocycles. The van der Waals surface area contributed by atoms with Crippen LogP contribution in [0, 0.1) is 11.6 Å². The lowest BCUT2D eigenvalue weighted by Gasteiger charge is -2.37. The number of nitrogens with zero attached hydrogens (tertiary/aromatic N) is 1. The van der Waals surface area contributed by atoms with Crippen molar-refractivity contribution in [2.24, 2.45) is 5.73 Å². The second-order valence-corrected chi connectivity index (χ2v) is 9.24. The molecule has 7 heteroatoms. The molecule has 1 unspecified atom stereocenters. The molecule has 0 amide bonds. The third-order valence-corrected chi connectivity index (χ3v) is 7.55. The molecule has 146 valence electrons. The van der Waals surface area contributed by atoms with E-state index < -0.39 is 32.9 Å². The van der Waals surface area contributed by atoms with E-state index in [-0.39, 0.29) is 23.7 Å². The first kappa shape index (κ1) is 19.9. The Kier molecular flexibility index (Phi) is 5.65. The largest absolute Gasteiger partial charge is 0.324 e. The van der Waals surface area contributed by atoms with Crippen LogP contribution in [0.25, 0.3) is 0 Å². The predicted octanol–water partition coefficient (Wildman–Crippen LogP) is 4.04. The van der Waals surface area contributed by atoms with Gasteiger partial charge in [-0.25, -0.2) is 17.2 Å². The normalized spacial score (nSPS) is 23.9. The molecule has 0 saturated carbocycles. The Morgan fingerprint density at radius 2 is 1.81 bits per heavy atom.